The Hall–Kier alpha value is -3.16. The van der Waals surface area contributed by atoms with Crippen molar-refractivity contribution in [2.45, 2.75) is 70.2 Å². The maximum absolute atomic E-state index is 14.6. The Labute approximate surface area is 313 Å². The molecule has 3 fully saturated rings. The molecule has 13 heteroatoms. The lowest BCUT2D eigenvalue weighted by Crippen LogP contribution is -2.69. The Kier molecular flexibility index (Phi) is 11.5. The van der Waals surface area contributed by atoms with Crippen molar-refractivity contribution in [1.82, 2.24) is 14.5 Å². The van der Waals surface area contributed by atoms with Crippen LogP contribution in [0.4, 0.5) is 10.5 Å². The highest BCUT2D eigenvalue weighted by atomic mass is 35.5. The highest BCUT2D eigenvalue weighted by molar-refractivity contribution is 7.92. The molecule has 2 saturated heterocycles. The van der Waals surface area contributed by atoms with Crippen molar-refractivity contribution in [3.8, 4) is 5.75 Å². The molecule has 52 heavy (non-hydrogen) atoms. The number of hydrogen-bond donors (Lipinski definition) is 1. The average molecular weight is 754 g/mol. The second-order valence-corrected chi connectivity index (χ2v) is 17.7. The van der Waals surface area contributed by atoms with E-state index in [1.165, 1.54) is 11.1 Å². The van der Waals surface area contributed by atoms with Crippen LogP contribution in [0, 0.1) is 17.8 Å². The summed E-state index contributed by atoms with van der Waals surface area (Å²) >= 11 is 6.48. The van der Waals surface area contributed by atoms with Gasteiger partial charge in [0.1, 0.15) is 15.7 Å². The predicted octanol–water partition coefficient (Wildman–Crippen LogP) is 5.95. The Morgan fingerprint density at radius 3 is 2.60 bits per heavy atom. The first-order valence-electron chi connectivity index (χ1n) is 18.7. The van der Waals surface area contributed by atoms with Crippen LogP contribution in [0.2, 0.25) is 5.02 Å². The fourth-order valence-corrected chi connectivity index (χ4v) is 10.2. The van der Waals surface area contributed by atoms with Crippen LogP contribution in [0.1, 0.15) is 60.5 Å². The quantitative estimate of drug-likeness (QED) is 0.382. The molecule has 4 heterocycles. The van der Waals surface area contributed by atoms with Crippen LogP contribution in [0.15, 0.2) is 52.9 Å². The molecule has 0 radical (unpaired) electrons. The Morgan fingerprint density at radius 2 is 1.85 bits per heavy atom. The predicted molar refractivity (Wildman–Crippen MR) is 203 cm³/mol. The van der Waals surface area contributed by atoms with Crippen molar-refractivity contribution in [3.05, 3.63) is 70.3 Å². The first-order valence-corrected chi connectivity index (χ1v) is 20.8. The van der Waals surface area contributed by atoms with Crippen molar-refractivity contribution in [2.75, 3.05) is 64.2 Å². The maximum Gasteiger partial charge on any atom is 0.329 e. The molecule has 2 bridgehead atoms. The van der Waals surface area contributed by atoms with Gasteiger partial charge in [-0.1, -0.05) is 36.7 Å². The molecule has 0 unspecified atom stereocenters. The van der Waals surface area contributed by atoms with E-state index >= 15 is 0 Å². The number of carbonyl (C=O) groups is 2. The van der Waals surface area contributed by atoms with Gasteiger partial charge in [-0.25, -0.2) is 9.00 Å². The average Bonchev–Trinajstić information content (AvgIpc) is 3.08. The molecule has 7 rings (SSSR count). The van der Waals surface area contributed by atoms with Gasteiger partial charge in [0.05, 0.1) is 30.3 Å². The fraction of sp³-hybridized carbons (Fsp3) is 0.590. The Morgan fingerprint density at radius 1 is 1.02 bits per heavy atom. The third-order valence-corrected chi connectivity index (χ3v) is 13.7. The summed E-state index contributed by atoms with van der Waals surface area (Å²) in [5.74, 6) is 0.689. The van der Waals surface area contributed by atoms with E-state index in [1.54, 1.807) is 25.2 Å². The number of fused-ring (bicyclic) bond motifs is 3. The van der Waals surface area contributed by atoms with E-state index < -0.39 is 21.9 Å². The van der Waals surface area contributed by atoms with Crippen LogP contribution in [0.3, 0.4) is 0 Å². The summed E-state index contributed by atoms with van der Waals surface area (Å²) in [5, 5.41) is 0.719. The van der Waals surface area contributed by atoms with Crippen LogP contribution in [0.5, 0.6) is 5.75 Å². The standard InChI is InChI=1S/C39H52ClN5O6S/c1-26-7-6-9-36(50-3)34-14-11-30(34)20-44-19-29-10-13-31(40)17-27(29)8-4-5-16-51-37-15-12-28(18-35(37)44)38(46)41-52(48,25-26)42-39(47)45-21-32(22-45)43-23-33(24-43)49-2/h6,9-10,12-13,15,17-18,26,30,32-34,36H,4-5,7-8,11,14,16,19-25H2,1-3H3,(H,41,42,46,47,48)/b9-6+/t26-,30-,34+,36-,52-/m0/s1. The minimum absolute atomic E-state index is 0.0386. The number of nitrogens with zero attached hydrogens (tertiary/aromatic N) is 4. The Bertz CT molecular complexity index is 1790. The molecule has 282 valence electrons. The molecule has 1 saturated carbocycles. The minimum atomic E-state index is -3.48. The van der Waals surface area contributed by atoms with Crippen molar-refractivity contribution in [2.24, 2.45) is 22.1 Å². The highest BCUT2D eigenvalue weighted by Crippen LogP contribution is 2.42. The summed E-state index contributed by atoms with van der Waals surface area (Å²) in [6.45, 7) is 6.62. The van der Waals surface area contributed by atoms with Crippen molar-refractivity contribution < 1.29 is 28.0 Å². The number of methoxy groups -OCH3 is 2. The number of anilines is 1. The molecule has 11 nitrogen and oxygen atoms in total. The lowest BCUT2D eigenvalue weighted by molar-refractivity contribution is -0.0775. The number of aryl methyl sites for hydroxylation is 1. The van der Waals surface area contributed by atoms with Gasteiger partial charge in [0, 0.05) is 70.1 Å². The third kappa shape index (κ3) is 8.31. The van der Waals surface area contributed by atoms with Gasteiger partial charge in [-0.05, 0) is 97.7 Å². The van der Waals surface area contributed by atoms with Crippen molar-refractivity contribution in [3.63, 3.8) is 0 Å². The first-order chi connectivity index (χ1) is 25.1. The van der Waals surface area contributed by atoms with Gasteiger partial charge in [0.25, 0.3) is 5.91 Å². The fourth-order valence-electron chi connectivity index (χ4n) is 8.14. The van der Waals surface area contributed by atoms with E-state index in [0.717, 1.165) is 62.4 Å². The van der Waals surface area contributed by atoms with E-state index in [9.17, 15) is 13.8 Å². The molecule has 0 spiro atoms. The van der Waals surface area contributed by atoms with Gasteiger partial charge in [-0.15, -0.1) is 4.36 Å². The zero-order chi connectivity index (χ0) is 36.4. The number of allylic oxidation sites excluding steroid dienone is 1. The molecule has 2 aromatic rings. The second-order valence-electron chi connectivity index (χ2n) is 15.2. The number of benzene rings is 2. The minimum Gasteiger partial charge on any atom is -0.491 e. The van der Waals surface area contributed by atoms with Gasteiger partial charge in [0.2, 0.25) is 0 Å². The lowest BCUT2D eigenvalue weighted by atomic mass is 9.70. The number of halogens is 1. The van der Waals surface area contributed by atoms with E-state index in [2.05, 4.69) is 43.2 Å². The zero-order valence-corrected chi connectivity index (χ0v) is 32.1. The zero-order valence-electron chi connectivity index (χ0n) is 30.5. The van der Waals surface area contributed by atoms with E-state index in [4.69, 9.17) is 25.8 Å². The molecular formula is C39H52ClN5O6S. The summed E-state index contributed by atoms with van der Waals surface area (Å²) in [7, 11) is -0.00625. The van der Waals surface area contributed by atoms with Crippen LogP contribution in [0.25, 0.3) is 0 Å². The number of urea groups is 1. The number of nitrogens with one attached hydrogen (secondary N) is 1. The number of likely N-dealkylation sites (tertiary alicyclic amines) is 2. The summed E-state index contributed by atoms with van der Waals surface area (Å²) in [5.41, 5.74) is 3.50. The van der Waals surface area contributed by atoms with Crippen LogP contribution in [-0.4, -0.2) is 103 Å². The summed E-state index contributed by atoms with van der Waals surface area (Å²) in [6.07, 6.45) is 9.88. The number of hydrogen-bond acceptors (Lipinski definition) is 8. The maximum atomic E-state index is 14.6. The number of amides is 3. The lowest BCUT2D eigenvalue weighted by Gasteiger charge is -2.51. The molecule has 4 aliphatic heterocycles. The van der Waals surface area contributed by atoms with E-state index in [0.29, 0.717) is 55.8 Å². The SMILES string of the molecule is COC1CN(C2CN(C(=O)N[S@@]3(=O)=NC(=O)c4ccc5c(c4)N(Cc4ccc(Cl)cc4CCCCO5)C[C@@H]4CC[C@H]4[C@@H](OC)/C=C/C[C@H](C)C3)C2)C1. The van der Waals surface area contributed by atoms with Gasteiger partial charge in [-0.2, -0.15) is 0 Å². The van der Waals surface area contributed by atoms with Crippen LogP contribution >= 0.6 is 11.6 Å². The monoisotopic (exact) mass is 753 g/mol. The smallest absolute Gasteiger partial charge is 0.329 e. The van der Waals surface area contributed by atoms with Crippen LogP contribution < -0.4 is 14.4 Å². The van der Waals surface area contributed by atoms with Crippen molar-refractivity contribution in [1.29, 1.82) is 0 Å². The number of ether oxygens (including phenoxy) is 3. The third-order valence-electron chi connectivity index (χ3n) is 11.5. The van der Waals surface area contributed by atoms with E-state index in [-0.39, 0.29) is 29.9 Å². The van der Waals surface area contributed by atoms with Gasteiger partial charge in [-0.3, -0.25) is 14.4 Å². The summed E-state index contributed by atoms with van der Waals surface area (Å²) < 4.78 is 39.5. The molecule has 1 aliphatic carbocycles. The first kappa shape index (κ1) is 37.2. The molecule has 0 aromatic heterocycles. The summed E-state index contributed by atoms with van der Waals surface area (Å²) in [4.78, 5) is 33.8. The molecular weight excluding hydrogens is 702 g/mol. The number of rotatable bonds is 4. The molecule has 3 amide bonds. The topological polar surface area (TPSA) is 113 Å². The molecule has 5 atom stereocenters. The summed E-state index contributed by atoms with van der Waals surface area (Å²) in [6, 6.07) is 11.3. The van der Waals surface area contributed by atoms with Gasteiger partial charge in [0.15, 0.2) is 0 Å². The number of carbonyl (C=O) groups excluding carboxylic acids is 2. The molecule has 1 N–H and O–H groups in total. The van der Waals surface area contributed by atoms with Crippen LogP contribution in [-0.2, 0) is 32.4 Å². The molecule has 5 aliphatic rings. The molecule has 2 aromatic carbocycles. The van der Waals surface area contributed by atoms with Gasteiger partial charge < -0.3 is 24.0 Å². The van der Waals surface area contributed by atoms with Crippen molar-refractivity contribution >= 4 is 39.1 Å². The largest absolute Gasteiger partial charge is 0.491 e. The van der Waals surface area contributed by atoms with Gasteiger partial charge >= 0.3 is 6.03 Å². The Balaban J connectivity index is 1.22. The van der Waals surface area contributed by atoms with E-state index in [1.807, 2.05) is 25.1 Å². The second kappa shape index (κ2) is 16.1. The highest BCUT2D eigenvalue weighted by Gasteiger charge is 2.42. The normalized spacial score (nSPS) is 29.8.